The van der Waals surface area contributed by atoms with Crippen LogP contribution in [-0.4, -0.2) is 49.8 Å². The van der Waals surface area contributed by atoms with Gasteiger partial charge in [-0.15, -0.1) is 0 Å². The second-order valence-electron chi connectivity index (χ2n) is 8.87. The first-order valence-corrected chi connectivity index (χ1v) is 12.0. The summed E-state index contributed by atoms with van der Waals surface area (Å²) in [6.07, 6.45) is 7.90. The fourth-order valence-electron chi connectivity index (χ4n) is 4.91. The minimum absolute atomic E-state index is 0.0411. The van der Waals surface area contributed by atoms with Crippen molar-refractivity contribution < 1.29 is 18.7 Å². The zero-order valence-electron chi connectivity index (χ0n) is 18.1. The zero-order chi connectivity index (χ0) is 22.4. The largest absolute Gasteiger partial charge is 0.487 e. The topological polar surface area (TPSA) is 64.8 Å². The number of rotatable bonds is 9. The highest BCUT2D eigenvalue weighted by atomic mass is 35.5. The number of primary amides is 1. The number of likely N-dealkylation sites (tertiary alicyclic amines) is 1. The molecule has 31 heavy (non-hydrogen) atoms. The predicted molar refractivity (Wildman–Crippen MR) is 121 cm³/mol. The molecule has 0 spiro atoms. The minimum Gasteiger partial charge on any atom is -0.487 e. The molecule has 1 aliphatic carbocycles. The molecule has 1 atom stereocenters. The van der Waals surface area contributed by atoms with Crippen LogP contribution >= 0.6 is 23.2 Å². The van der Waals surface area contributed by atoms with Crippen molar-refractivity contribution in [2.45, 2.75) is 63.6 Å². The highest BCUT2D eigenvalue weighted by Gasteiger charge is 2.29. The first kappa shape index (κ1) is 24.6. The van der Waals surface area contributed by atoms with Crippen LogP contribution in [0.5, 0.6) is 5.75 Å². The summed E-state index contributed by atoms with van der Waals surface area (Å²) in [5, 5.41) is 0.434. The molecule has 1 heterocycles. The fraction of sp³-hybridized carbons (Fsp3) is 0.696. The number of hydrogen-bond donors (Lipinski definition) is 1. The summed E-state index contributed by atoms with van der Waals surface area (Å²) in [4.78, 5) is 13.7. The summed E-state index contributed by atoms with van der Waals surface area (Å²) in [5.74, 6) is 0.799. The van der Waals surface area contributed by atoms with E-state index in [1.807, 2.05) is 0 Å². The maximum absolute atomic E-state index is 13.3. The molecule has 1 aromatic rings. The van der Waals surface area contributed by atoms with Crippen molar-refractivity contribution in [3.8, 4) is 5.75 Å². The normalized spacial score (nSPS) is 24.1. The van der Waals surface area contributed by atoms with Crippen molar-refractivity contribution in [2.75, 3.05) is 26.7 Å². The van der Waals surface area contributed by atoms with Gasteiger partial charge in [-0.3, -0.25) is 4.79 Å². The van der Waals surface area contributed by atoms with Crippen LogP contribution in [0.2, 0.25) is 10.0 Å². The van der Waals surface area contributed by atoms with Crippen molar-refractivity contribution in [3.63, 3.8) is 0 Å². The third kappa shape index (κ3) is 7.21. The lowest BCUT2D eigenvalue weighted by Gasteiger charge is -2.35. The van der Waals surface area contributed by atoms with Gasteiger partial charge >= 0.3 is 0 Å². The molecule has 2 N–H and O–H groups in total. The van der Waals surface area contributed by atoms with E-state index in [1.165, 1.54) is 31.4 Å². The Labute approximate surface area is 194 Å². The Morgan fingerprint density at radius 3 is 2.32 bits per heavy atom. The summed E-state index contributed by atoms with van der Waals surface area (Å²) in [5.41, 5.74) is 5.35. The van der Waals surface area contributed by atoms with E-state index in [4.69, 9.17) is 38.4 Å². The van der Waals surface area contributed by atoms with Gasteiger partial charge in [-0.05, 0) is 62.6 Å². The van der Waals surface area contributed by atoms with Crippen molar-refractivity contribution in [3.05, 3.63) is 28.0 Å². The van der Waals surface area contributed by atoms with E-state index in [9.17, 15) is 9.18 Å². The average molecular weight is 475 g/mol. The highest BCUT2D eigenvalue weighted by molar-refractivity contribution is 6.37. The molecule has 1 aromatic carbocycles. The summed E-state index contributed by atoms with van der Waals surface area (Å²) >= 11 is 12.2. The number of nitrogens with two attached hydrogens (primary N) is 1. The third-order valence-corrected chi connectivity index (χ3v) is 7.32. The number of carbonyl (C=O) groups excluding carboxylic acids is 1. The molecule has 1 unspecified atom stereocenters. The van der Waals surface area contributed by atoms with E-state index >= 15 is 0 Å². The summed E-state index contributed by atoms with van der Waals surface area (Å²) in [6.45, 7) is 3.04. The fourth-order valence-corrected chi connectivity index (χ4v) is 5.46. The Morgan fingerprint density at radius 2 is 1.77 bits per heavy atom. The van der Waals surface area contributed by atoms with Gasteiger partial charge in [0.2, 0.25) is 5.91 Å². The van der Waals surface area contributed by atoms with E-state index in [0.717, 1.165) is 51.2 Å². The Bertz CT molecular complexity index is 713. The number of ether oxygens (including phenoxy) is 2. The van der Waals surface area contributed by atoms with Crippen molar-refractivity contribution in [2.24, 2.45) is 17.6 Å². The molecular weight excluding hydrogens is 442 g/mol. The lowest BCUT2D eigenvalue weighted by molar-refractivity contribution is -0.121. The predicted octanol–water partition coefficient (Wildman–Crippen LogP) is 5.06. The second kappa shape index (κ2) is 11.7. The molecular formula is C23H33Cl2FN2O3. The van der Waals surface area contributed by atoms with Gasteiger partial charge in [0.15, 0.2) is 5.75 Å². The Morgan fingerprint density at radius 1 is 1.16 bits per heavy atom. The van der Waals surface area contributed by atoms with E-state index < -0.39 is 5.82 Å². The van der Waals surface area contributed by atoms with Crippen LogP contribution in [0.4, 0.5) is 4.39 Å². The van der Waals surface area contributed by atoms with Gasteiger partial charge in [0.05, 0.1) is 22.6 Å². The van der Waals surface area contributed by atoms with Gasteiger partial charge < -0.3 is 20.1 Å². The molecule has 8 heteroatoms. The first-order valence-electron chi connectivity index (χ1n) is 11.2. The molecule has 2 aliphatic rings. The van der Waals surface area contributed by atoms with Crippen LogP contribution in [0.1, 0.15) is 51.4 Å². The standard InChI is InChI=1S/C23H33Cl2FN2O3/c1-30-21(14-22(27)29)16-4-2-15(3-5-16)6-9-28-10-7-18(8-11-28)31-23-19(24)12-17(26)13-20(23)25/h12-13,15-16,18,21H,2-11,14H2,1H3,(H2,27,29). The van der Waals surface area contributed by atoms with Crippen molar-refractivity contribution >= 4 is 29.1 Å². The molecule has 1 amide bonds. The summed E-state index contributed by atoms with van der Waals surface area (Å²) in [6, 6.07) is 2.46. The van der Waals surface area contributed by atoms with Gasteiger partial charge in [0.25, 0.3) is 0 Å². The smallest absolute Gasteiger partial charge is 0.220 e. The molecule has 1 saturated carbocycles. The maximum Gasteiger partial charge on any atom is 0.220 e. The number of amides is 1. The number of carbonyl (C=O) groups is 1. The molecule has 2 fully saturated rings. The number of piperidine rings is 1. The van der Waals surface area contributed by atoms with Crippen molar-refractivity contribution in [1.82, 2.24) is 4.90 Å². The lowest BCUT2D eigenvalue weighted by atomic mass is 9.77. The molecule has 0 radical (unpaired) electrons. The number of hydrogen-bond acceptors (Lipinski definition) is 4. The monoisotopic (exact) mass is 474 g/mol. The highest BCUT2D eigenvalue weighted by Crippen LogP contribution is 2.36. The molecule has 0 aromatic heterocycles. The Hall–Kier alpha value is -1.08. The Kier molecular flexibility index (Phi) is 9.26. The first-order chi connectivity index (χ1) is 14.9. The van der Waals surface area contributed by atoms with Crippen LogP contribution in [0.15, 0.2) is 12.1 Å². The van der Waals surface area contributed by atoms with Crippen molar-refractivity contribution in [1.29, 1.82) is 0 Å². The quantitative estimate of drug-likeness (QED) is 0.542. The average Bonchev–Trinajstić information content (AvgIpc) is 2.74. The van der Waals surface area contributed by atoms with Crippen LogP contribution in [0.3, 0.4) is 0 Å². The van der Waals surface area contributed by atoms with Crippen LogP contribution in [0.25, 0.3) is 0 Å². The molecule has 1 aliphatic heterocycles. The summed E-state index contributed by atoms with van der Waals surface area (Å²) < 4.78 is 24.8. The minimum atomic E-state index is -0.461. The van der Waals surface area contributed by atoms with E-state index in [2.05, 4.69) is 4.90 Å². The van der Waals surface area contributed by atoms with Crippen LogP contribution < -0.4 is 10.5 Å². The maximum atomic E-state index is 13.3. The lowest BCUT2D eigenvalue weighted by Crippen LogP contribution is -2.39. The van der Waals surface area contributed by atoms with E-state index in [0.29, 0.717) is 18.1 Å². The number of methoxy groups -OCH3 is 1. The molecule has 3 rings (SSSR count). The van der Waals surface area contributed by atoms with Gasteiger partial charge in [-0.1, -0.05) is 36.0 Å². The number of benzene rings is 1. The Balaban J connectivity index is 1.36. The van der Waals surface area contributed by atoms with Crippen LogP contribution in [0, 0.1) is 17.7 Å². The molecule has 1 saturated heterocycles. The van der Waals surface area contributed by atoms with Gasteiger partial charge in [0.1, 0.15) is 11.9 Å². The second-order valence-corrected chi connectivity index (χ2v) is 9.69. The summed E-state index contributed by atoms with van der Waals surface area (Å²) in [7, 11) is 1.67. The SMILES string of the molecule is COC(CC(N)=O)C1CCC(CCN2CCC(Oc3c(Cl)cc(F)cc3Cl)CC2)CC1. The van der Waals surface area contributed by atoms with E-state index in [-0.39, 0.29) is 28.2 Å². The van der Waals surface area contributed by atoms with Gasteiger partial charge in [-0.25, -0.2) is 4.39 Å². The molecule has 0 bridgehead atoms. The van der Waals surface area contributed by atoms with Crippen LogP contribution in [-0.2, 0) is 9.53 Å². The third-order valence-electron chi connectivity index (χ3n) is 6.76. The zero-order valence-corrected chi connectivity index (χ0v) is 19.6. The molecule has 5 nitrogen and oxygen atoms in total. The number of halogens is 3. The molecule has 174 valence electrons. The van der Waals surface area contributed by atoms with Gasteiger partial charge in [0, 0.05) is 20.2 Å². The van der Waals surface area contributed by atoms with Gasteiger partial charge in [-0.2, -0.15) is 0 Å². The van der Waals surface area contributed by atoms with E-state index in [1.54, 1.807) is 7.11 Å². The number of nitrogens with zero attached hydrogens (tertiary/aromatic N) is 1.